The number of benzene rings is 1. The highest BCUT2D eigenvalue weighted by Gasteiger charge is 2.11. The topological polar surface area (TPSA) is 75.5 Å². The number of hydrazone groups is 1. The van der Waals surface area contributed by atoms with E-state index in [4.69, 9.17) is 14.7 Å². The molecule has 0 saturated heterocycles. The number of rotatable bonds is 13. The van der Waals surface area contributed by atoms with E-state index in [9.17, 15) is 0 Å². The van der Waals surface area contributed by atoms with Gasteiger partial charge in [-0.1, -0.05) is 43.7 Å². The van der Waals surface area contributed by atoms with Gasteiger partial charge in [0.2, 0.25) is 0 Å². The monoisotopic (exact) mass is 446 g/mol. The van der Waals surface area contributed by atoms with E-state index in [-0.39, 0.29) is 0 Å². The quantitative estimate of drug-likeness (QED) is 0.219. The molecular weight excluding hydrogens is 412 g/mol. The maximum Gasteiger partial charge on any atom is 0.152 e. The van der Waals surface area contributed by atoms with Crippen molar-refractivity contribution >= 4 is 17.9 Å². The van der Waals surface area contributed by atoms with Gasteiger partial charge in [0.1, 0.15) is 17.4 Å². The molecule has 0 saturated carbocycles. The maximum absolute atomic E-state index is 5.77. The molecule has 7 heteroatoms. The first kappa shape index (κ1) is 24.2. The number of nitrogens with one attached hydrogen (secondary N) is 1. The second-order valence-corrected chi connectivity index (χ2v) is 7.94. The van der Waals surface area contributed by atoms with E-state index >= 15 is 0 Å². The molecule has 2 heterocycles. The van der Waals surface area contributed by atoms with Crippen LogP contribution in [0.5, 0.6) is 5.75 Å². The van der Waals surface area contributed by atoms with Crippen molar-refractivity contribution in [1.82, 2.24) is 15.0 Å². The van der Waals surface area contributed by atoms with Gasteiger partial charge in [0.15, 0.2) is 5.82 Å². The third kappa shape index (κ3) is 8.18. The van der Waals surface area contributed by atoms with Gasteiger partial charge in [-0.25, -0.2) is 9.97 Å². The third-order valence-corrected chi connectivity index (χ3v) is 4.95. The van der Waals surface area contributed by atoms with E-state index in [1.54, 1.807) is 12.4 Å². The molecule has 3 rings (SSSR count). The number of nitrogens with zero attached hydrogens (tertiary/aromatic N) is 5. The summed E-state index contributed by atoms with van der Waals surface area (Å²) in [5.41, 5.74) is 5.35. The predicted molar refractivity (Wildman–Crippen MR) is 135 cm³/mol. The Kier molecular flexibility index (Phi) is 9.63. The van der Waals surface area contributed by atoms with Crippen molar-refractivity contribution in [3.05, 3.63) is 71.8 Å². The molecule has 33 heavy (non-hydrogen) atoms. The molecule has 0 aliphatic carbocycles. The summed E-state index contributed by atoms with van der Waals surface area (Å²) in [4.78, 5) is 15.9. The van der Waals surface area contributed by atoms with E-state index in [0.29, 0.717) is 12.4 Å². The standard InChI is InChI=1S/C26H34N6O/c1-4-14-32(15-5-2)26-18-25(31-28-19-22-10-6-9-21(3)17-22)29-24(30-26)12-8-16-33-23-11-7-13-27-20-23/h6-7,9-11,13,17-20H,4-5,8,12,14-16H2,1-3H3,(H,29,30,31)/b28-19+. The van der Waals surface area contributed by atoms with Gasteiger partial charge in [0.25, 0.3) is 0 Å². The highest BCUT2D eigenvalue weighted by Crippen LogP contribution is 2.18. The van der Waals surface area contributed by atoms with Crippen LogP contribution in [0.25, 0.3) is 0 Å². The van der Waals surface area contributed by atoms with Gasteiger partial charge in [-0.3, -0.25) is 10.4 Å². The summed E-state index contributed by atoms with van der Waals surface area (Å²) >= 11 is 0. The van der Waals surface area contributed by atoms with E-state index in [1.807, 2.05) is 36.5 Å². The Bertz CT molecular complexity index is 1000. The summed E-state index contributed by atoms with van der Waals surface area (Å²) in [6.07, 6.45) is 8.92. The lowest BCUT2D eigenvalue weighted by atomic mass is 10.2. The first-order chi connectivity index (χ1) is 16.2. The van der Waals surface area contributed by atoms with Crippen LogP contribution in [0.1, 0.15) is 50.1 Å². The van der Waals surface area contributed by atoms with Crippen molar-refractivity contribution in [3.8, 4) is 5.75 Å². The van der Waals surface area contributed by atoms with Crippen LogP contribution in [0.15, 0.2) is 60.0 Å². The third-order valence-electron chi connectivity index (χ3n) is 4.95. The minimum Gasteiger partial charge on any atom is -0.492 e. The zero-order chi connectivity index (χ0) is 23.3. The second-order valence-electron chi connectivity index (χ2n) is 7.94. The van der Waals surface area contributed by atoms with Gasteiger partial charge in [-0.2, -0.15) is 5.10 Å². The van der Waals surface area contributed by atoms with Crippen LogP contribution in [0.4, 0.5) is 11.6 Å². The van der Waals surface area contributed by atoms with Gasteiger partial charge in [-0.15, -0.1) is 0 Å². The summed E-state index contributed by atoms with van der Waals surface area (Å²) in [7, 11) is 0. The van der Waals surface area contributed by atoms with Crippen molar-refractivity contribution in [2.24, 2.45) is 5.10 Å². The van der Waals surface area contributed by atoms with E-state index in [2.05, 4.69) is 53.3 Å². The fourth-order valence-corrected chi connectivity index (χ4v) is 3.47. The van der Waals surface area contributed by atoms with Crippen molar-refractivity contribution in [3.63, 3.8) is 0 Å². The second kappa shape index (κ2) is 13.2. The SMILES string of the molecule is CCCN(CCC)c1cc(N/N=C/c2cccc(C)c2)nc(CCCOc2cccnc2)n1. The largest absolute Gasteiger partial charge is 0.492 e. The Labute approximate surface area is 197 Å². The average molecular weight is 447 g/mol. The van der Waals surface area contributed by atoms with Crippen molar-refractivity contribution in [1.29, 1.82) is 0 Å². The molecule has 0 aliphatic heterocycles. The minimum atomic E-state index is 0.585. The Morgan fingerprint density at radius 1 is 1.06 bits per heavy atom. The number of anilines is 2. The Morgan fingerprint density at radius 3 is 2.64 bits per heavy atom. The number of hydrogen-bond donors (Lipinski definition) is 1. The molecule has 0 bridgehead atoms. The molecule has 0 amide bonds. The van der Waals surface area contributed by atoms with Crippen molar-refractivity contribution in [2.75, 3.05) is 30.0 Å². The van der Waals surface area contributed by atoms with E-state index < -0.39 is 0 Å². The van der Waals surface area contributed by atoms with Gasteiger partial charge in [0, 0.05) is 31.8 Å². The van der Waals surface area contributed by atoms with Crippen LogP contribution in [0.2, 0.25) is 0 Å². The van der Waals surface area contributed by atoms with Crippen molar-refractivity contribution in [2.45, 2.75) is 46.5 Å². The zero-order valence-corrected chi connectivity index (χ0v) is 19.9. The molecule has 0 radical (unpaired) electrons. The summed E-state index contributed by atoms with van der Waals surface area (Å²) in [6, 6.07) is 14.0. The van der Waals surface area contributed by atoms with Crippen LogP contribution in [0.3, 0.4) is 0 Å². The molecule has 2 aromatic heterocycles. The lowest BCUT2D eigenvalue weighted by molar-refractivity contribution is 0.308. The lowest BCUT2D eigenvalue weighted by Crippen LogP contribution is -2.26. The first-order valence-corrected chi connectivity index (χ1v) is 11.7. The Hall–Kier alpha value is -3.48. The fourth-order valence-electron chi connectivity index (χ4n) is 3.47. The summed E-state index contributed by atoms with van der Waals surface area (Å²) in [5.74, 6) is 3.19. The highest BCUT2D eigenvalue weighted by molar-refractivity contribution is 5.80. The number of ether oxygens (including phenoxy) is 1. The number of pyridine rings is 1. The van der Waals surface area contributed by atoms with E-state index in [1.165, 1.54) is 5.56 Å². The van der Waals surface area contributed by atoms with Crippen LogP contribution in [-0.2, 0) is 6.42 Å². The average Bonchev–Trinajstić information content (AvgIpc) is 2.82. The van der Waals surface area contributed by atoms with Gasteiger partial charge < -0.3 is 9.64 Å². The molecule has 0 fully saturated rings. The Morgan fingerprint density at radius 2 is 1.91 bits per heavy atom. The van der Waals surface area contributed by atoms with Crippen LogP contribution >= 0.6 is 0 Å². The molecule has 0 unspecified atom stereocenters. The molecule has 0 aliphatic rings. The molecule has 174 valence electrons. The summed E-state index contributed by atoms with van der Waals surface area (Å²) < 4.78 is 5.77. The molecule has 3 aromatic rings. The van der Waals surface area contributed by atoms with E-state index in [0.717, 1.165) is 61.7 Å². The normalized spacial score (nSPS) is 11.0. The van der Waals surface area contributed by atoms with Gasteiger partial charge in [0.05, 0.1) is 19.0 Å². The number of aromatic nitrogens is 3. The van der Waals surface area contributed by atoms with Crippen LogP contribution in [-0.4, -0.2) is 40.9 Å². The van der Waals surface area contributed by atoms with Crippen LogP contribution < -0.4 is 15.1 Å². The fraction of sp³-hybridized carbons (Fsp3) is 0.385. The smallest absolute Gasteiger partial charge is 0.152 e. The maximum atomic E-state index is 5.77. The summed E-state index contributed by atoms with van der Waals surface area (Å²) in [5, 5.41) is 4.41. The van der Waals surface area contributed by atoms with Crippen molar-refractivity contribution < 1.29 is 4.74 Å². The molecule has 0 atom stereocenters. The van der Waals surface area contributed by atoms with Gasteiger partial charge >= 0.3 is 0 Å². The lowest BCUT2D eigenvalue weighted by Gasteiger charge is -2.23. The summed E-state index contributed by atoms with van der Waals surface area (Å²) in [6.45, 7) is 8.95. The Balaban J connectivity index is 1.70. The minimum absolute atomic E-state index is 0.585. The zero-order valence-electron chi connectivity index (χ0n) is 19.9. The molecule has 0 spiro atoms. The molecular formula is C26H34N6O. The first-order valence-electron chi connectivity index (χ1n) is 11.7. The highest BCUT2D eigenvalue weighted by atomic mass is 16.5. The van der Waals surface area contributed by atoms with Gasteiger partial charge in [-0.05, 0) is 43.9 Å². The molecule has 7 nitrogen and oxygen atoms in total. The number of aryl methyl sites for hydroxylation is 2. The predicted octanol–water partition coefficient (Wildman–Crippen LogP) is 5.26. The molecule has 1 aromatic carbocycles. The molecule has 1 N–H and O–H groups in total. The number of hydrogen-bond acceptors (Lipinski definition) is 7. The van der Waals surface area contributed by atoms with Crippen LogP contribution in [0, 0.1) is 6.92 Å².